The van der Waals surface area contributed by atoms with E-state index in [1.807, 2.05) is 54.6 Å². The van der Waals surface area contributed by atoms with E-state index in [1.54, 1.807) is 19.2 Å². The van der Waals surface area contributed by atoms with Gasteiger partial charge in [0.1, 0.15) is 17.1 Å². The number of ether oxygens (including phenoxy) is 2. The van der Waals surface area contributed by atoms with Crippen molar-refractivity contribution in [2.24, 2.45) is 0 Å². The second-order valence-electron chi connectivity index (χ2n) is 7.98. The van der Waals surface area contributed by atoms with Crippen LogP contribution in [0.2, 0.25) is 0 Å². The van der Waals surface area contributed by atoms with Crippen LogP contribution in [0.25, 0.3) is 11.0 Å². The number of morpholine rings is 1. The number of para-hydroxylation sites is 1. The van der Waals surface area contributed by atoms with Gasteiger partial charge in [0, 0.05) is 24.0 Å². The number of furan rings is 1. The molecule has 0 spiro atoms. The highest BCUT2D eigenvalue weighted by Crippen LogP contribution is 2.41. The first-order valence-electron chi connectivity index (χ1n) is 11.1. The van der Waals surface area contributed by atoms with Crippen molar-refractivity contribution in [2.75, 3.05) is 38.7 Å². The summed E-state index contributed by atoms with van der Waals surface area (Å²) < 4.78 is 17.4. The molecule has 3 aromatic carbocycles. The molecule has 1 aromatic heterocycles. The van der Waals surface area contributed by atoms with E-state index in [0.29, 0.717) is 30.2 Å². The van der Waals surface area contributed by atoms with Crippen LogP contribution in [-0.4, -0.2) is 44.2 Å². The molecule has 2 heterocycles. The molecule has 0 bridgehead atoms. The average Bonchev–Trinajstić information content (AvgIpc) is 3.23. The highest BCUT2D eigenvalue weighted by molar-refractivity contribution is 6.09. The summed E-state index contributed by atoms with van der Waals surface area (Å²) in [6, 6.07) is 24.9. The Bertz CT molecular complexity index is 1230. The van der Waals surface area contributed by atoms with Crippen LogP contribution in [0.1, 0.15) is 27.7 Å². The molecule has 1 atom stereocenters. The number of methoxy groups -OCH3 is 1. The Hall–Kier alpha value is -3.61. The molecule has 1 aliphatic rings. The molecule has 0 saturated carbocycles. The van der Waals surface area contributed by atoms with E-state index in [-0.39, 0.29) is 11.9 Å². The van der Waals surface area contributed by atoms with Gasteiger partial charge >= 0.3 is 0 Å². The molecule has 1 aliphatic heterocycles. The summed E-state index contributed by atoms with van der Waals surface area (Å²) in [5, 5.41) is 4.02. The third-order valence-corrected chi connectivity index (χ3v) is 5.99. The maximum atomic E-state index is 13.1. The van der Waals surface area contributed by atoms with Gasteiger partial charge in [-0.15, -0.1) is 0 Å². The lowest BCUT2D eigenvalue weighted by atomic mass is 10.00. The Labute approximate surface area is 192 Å². The quantitative estimate of drug-likeness (QED) is 0.449. The minimum Gasteiger partial charge on any atom is -0.497 e. The summed E-state index contributed by atoms with van der Waals surface area (Å²) in [6.45, 7) is 2.83. The van der Waals surface area contributed by atoms with E-state index in [1.165, 1.54) is 0 Å². The maximum absolute atomic E-state index is 13.1. The Morgan fingerprint density at radius 2 is 1.64 bits per heavy atom. The second kappa shape index (κ2) is 9.48. The van der Waals surface area contributed by atoms with Gasteiger partial charge in [-0.05, 0) is 42.0 Å². The topological polar surface area (TPSA) is 63.9 Å². The highest BCUT2D eigenvalue weighted by Gasteiger charge is 2.31. The number of nitrogens with one attached hydrogen (secondary N) is 1. The number of amides is 1. The van der Waals surface area contributed by atoms with Crippen molar-refractivity contribution < 1.29 is 18.7 Å². The minimum atomic E-state index is -0.182. The first-order valence-corrected chi connectivity index (χ1v) is 11.1. The number of anilines is 1. The van der Waals surface area contributed by atoms with Crippen molar-refractivity contribution in [1.29, 1.82) is 0 Å². The predicted octanol–water partition coefficient (Wildman–Crippen LogP) is 5.12. The molecule has 1 fully saturated rings. The standard InChI is InChI=1S/C27H26N2O4/c1-31-21-13-11-19(12-14-21)25(29-15-17-32-18-16-29)26-24(22-9-5-6-10-23(22)33-26)28-27(30)20-7-3-2-4-8-20/h2-14,25H,15-18H2,1H3,(H,28,30)/t25-/m0/s1. The molecule has 1 N–H and O–H groups in total. The number of fused-ring (bicyclic) bond motifs is 1. The zero-order valence-electron chi connectivity index (χ0n) is 18.5. The Morgan fingerprint density at radius 1 is 0.939 bits per heavy atom. The summed E-state index contributed by atoms with van der Waals surface area (Å²) in [5.74, 6) is 1.34. The summed E-state index contributed by atoms with van der Waals surface area (Å²) >= 11 is 0. The van der Waals surface area contributed by atoms with Crippen LogP contribution in [0, 0.1) is 0 Å². The Balaban J connectivity index is 1.62. The van der Waals surface area contributed by atoms with Crippen LogP contribution >= 0.6 is 0 Å². The zero-order chi connectivity index (χ0) is 22.6. The van der Waals surface area contributed by atoms with Crippen molar-refractivity contribution in [2.45, 2.75) is 6.04 Å². The zero-order valence-corrected chi connectivity index (χ0v) is 18.5. The van der Waals surface area contributed by atoms with E-state index in [9.17, 15) is 4.79 Å². The molecule has 0 radical (unpaired) electrons. The van der Waals surface area contributed by atoms with Gasteiger partial charge in [-0.2, -0.15) is 0 Å². The van der Waals surface area contributed by atoms with E-state index in [0.717, 1.165) is 35.4 Å². The van der Waals surface area contributed by atoms with Gasteiger partial charge in [-0.3, -0.25) is 9.69 Å². The van der Waals surface area contributed by atoms with Gasteiger partial charge in [0.25, 0.3) is 5.91 Å². The fraction of sp³-hybridized carbons (Fsp3) is 0.222. The molecule has 168 valence electrons. The predicted molar refractivity (Wildman–Crippen MR) is 128 cm³/mol. The summed E-state index contributed by atoms with van der Waals surface area (Å²) in [6.07, 6.45) is 0. The number of hydrogen-bond acceptors (Lipinski definition) is 5. The average molecular weight is 443 g/mol. The van der Waals surface area contributed by atoms with Crippen LogP contribution in [0.4, 0.5) is 5.69 Å². The van der Waals surface area contributed by atoms with Gasteiger partial charge in [0.15, 0.2) is 0 Å². The lowest BCUT2D eigenvalue weighted by Crippen LogP contribution is -2.39. The third-order valence-electron chi connectivity index (χ3n) is 5.99. The van der Waals surface area contributed by atoms with Gasteiger partial charge < -0.3 is 19.2 Å². The lowest BCUT2D eigenvalue weighted by molar-refractivity contribution is 0.0206. The normalized spacial score (nSPS) is 15.3. The van der Waals surface area contributed by atoms with Gasteiger partial charge in [0.2, 0.25) is 0 Å². The minimum absolute atomic E-state index is 0.168. The van der Waals surface area contributed by atoms with Crippen LogP contribution < -0.4 is 10.1 Å². The highest BCUT2D eigenvalue weighted by atomic mass is 16.5. The first kappa shape index (κ1) is 21.2. The molecular weight excluding hydrogens is 416 g/mol. The van der Waals surface area contributed by atoms with E-state index < -0.39 is 0 Å². The molecule has 1 saturated heterocycles. The second-order valence-corrected chi connectivity index (χ2v) is 7.98. The first-order chi connectivity index (χ1) is 16.2. The number of hydrogen-bond donors (Lipinski definition) is 1. The molecule has 4 aromatic rings. The Morgan fingerprint density at radius 3 is 2.36 bits per heavy atom. The fourth-order valence-corrected chi connectivity index (χ4v) is 4.31. The van der Waals surface area contributed by atoms with Crippen LogP contribution in [-0.2, 0) is 4.74 Å². The van der Waals surface area contributed by atoms with Crippen LogP contribution in [0.15, 0.2) is 83.3 Å². The number of benzene rings is 3. The molecule has 33 heavy (non-hydrogen) atoms. The van der Waals surface area contributed by atoms with Crippen molar-refractivity contribution in [3.63, 3.8) is 0 Å². The third kappa shape index (κ3) is 4.35. The molecule has 1 amide bonds. The van der Waals surface area contributed by atoms with E-state index in [4.69, 9.17) is 13.9 Å². The summed E-state index contributed by atoms with van der Waals surface area (Å²) in [4.78, 5) is 15.5. The van der Waals surface area contributed by atoms with Crippen molar-refractivity contribution in [3.05, 3.63) is 95.7 Å². The SMILES string of the molecule is COc1ccc([C@@H](c2oc3ccccc3c2NC(=O)c2ccccc2)N2CCOCC2)cc1. The van der Waals surface area contributed by atoms with Gasteiger partial charge in [-0.25, -0.2) is 0 Å². The molecule has 6 nitrogen and oxygen atoms in total. The van der Waals surface area contributed by atoms with Crippen molar-refractivity contribution in [3.8, 4) is 5.75 Å². The number of rotatable bonds is 6. The Kier molecular flexibility index (Phi) is 6.11. The van der Waals surface area contributed by atoms with Crippen LogP contribution in [0.3, 0.4) is 0 Å². The molecular formula is C27H26N2O4. The molecule has 5 rings (SSSR count). The van der Waals surface area contributed by atoms with E-state index in [2.05, 4.69) is 22.3 Å². The largest absolute Gasteiger partial charge is 0.497 e. The number of carbonyl (C=O) groups excluding carboxylic acids is 1. The fourth-order valence-electron chi connectivity index (χ4n) is 4.31. The summed E-state index contributed by atoms with van der Waals surface area (Å²) in [5.41, 5.74) is 3.10. The van der Waals surface area contributed by atoms with E-state index >= 15 is 0 Å². The summed E-state index contributed by atoms with van der Waals surface area (Å²) in [7, 11) is 1.66. The van der Waals surface area contributed by atoms with Gasteiger partial charge in [0.05, 0.1) is 32.1 Å². The lowest BCUT2D eigenvalue weighted by Gasteiger charge is -2.34. The van der Waals surface area contributed by atoms with Gasteiger partial charge in [-0.1, -0.05) is 42.5 Å². The molecule has 6 heteroatoms. The monoisotopic (exact) mass is 442 g/mol. The molecule has 0 unspecified atom stereocenters. The number of nitrogens with zero attached hydrogens (tertiary/aromatic N) is 1. The smallest absolute Gasteiger partial charge is 0.255 e. The van der Waals surface area contributed by atoms with Crippen molar-refractivity contribution >= 4 is 22.6 Å². The number of carbonyl (C=O) groups is 1. The van der Waals surface area contributed by atoms with Crippen LogP contribution in [0.5, 0.6) is 5.75 Å². The maximum Gasteiger partial charge on any atom is 0.255 e. The van der Waals surface area contributed by atoms with Crippen molar-refractivity contribution in [1.82, 2.24) is 4.90 Å². The molecule has 0 aliphatic carbocycles.